The largest absolute Gasteiger partial charge is 0.355 e. The second-order valence-electron chi connectivity index (χ2n) is 3.70. The highest BCUT2D eigenvalue weighted by atomic mass is 79.9. The third-order valence-corrected chi connectivity index (χ3v) is 3.22. The van der Waals surface area contributed by atoms with Gasteiger partial charge in [-0.25, -0.2) is 9.97 Å². The molecule has 14 heavy (non-hydrogen) atoms. The summed E-state index contributed by atoms with van der Waals surface area (Å²) >= 11 is 3.66. The molecule has 1 fully saturated rings. The number of aromatic nitrogens is 2. The van der Waals surface area contributed by atoms with Crippen molar-refractivity contribution < 1.29 is 0 Å². The first-order valence-electron chi connectivity index (χ1n) is 4.93. The molecule has 0 aromatic carbocycles. The molecule has 1 aliphatic rings. The molecule has 0 bridgehead atoms. The van der Waals surface area contributed by atoms with Gasteiger partial charge >= 0.3 is 0 Å². The predicted molar refractivity (Wildman–Crippen MR) is 60.9 cm³/mol. The van der Waals surface area contributed by atoms with Crippen LogP contribution in [-0.4, -0.2) is 27.9 Å². The quantitative estimate of drug-likeness (QED) is 0.721. The average molecular weight is 256 g/mol. The standard InChI is InChI=1S/C10H14BrN3/c1-8-5-10(13-7-12-8)14-4-2-3-9(11)6-14/h5,7,9H,2-4,6H2,1H3. The molecule has 1 aromatic rings. The number of anilines is 1. The summed E-state index contributed by atoms with van der Waals surface area (Å²) in [6, 6.07) is 2.05. The van der Waals surface area contributed by atoms with E-state index >= 15 is 0 Å². The Bertz CT molecular complexity index is 316. The number of piperidine rings is 1. The summed E-state index contributed by atoms with van der Waals surface area (Å²) in [5, 5.41) is 0. The minimum atomic E-state index is 0.603. The molecular formula is C10H14BrN3. The van der Waals surface area contributed by atoms with Crippen molar-refractivity contribution >= 4 is 21.7 Å². The van der Waals surface area contributed by atoms with Gasteiger partial charge in [-0.2, -0.15) is 0 Å². The Hall–Kier alpha value is -0.640. The monoisotopic (exact) mass is 255 g/mol. The van der Waals surface area contributed by atoms with E-state index in [0.717, 1.165) is 24.6 Å². The summed E-state index contributed by atoms with van der Waals surface area (Å²) in [5.74, 6) is 1.06. The number of hydrogen-bond acceptors (Lipinski definition) is 3. The van der Waals surface area contributed by atoms with Crippen molar-refractivity contribution in [1.82, 2.24) is 9.97 Å². The topological polar surface area (TPSA) is 29.0 Å². The highest BCUT2D eigenvalue weighted by molar-refractivity contribution is 9.09. The van der Waals surface area contributed by atoms with Crippen molar-refractivity contribution in [2.75, 3.05) is 18.0 Å². The van der Waals surface area contributed by atoms with Gasteiger partial charge in [0.1, 0.15) is 12.1 Å². The molecule has 1 aromatic heterocycles. The molecule has 1 saturated heterocycles. The molecule has 0 aliphatic carbocycles. The third kappa shape index (κ3) is 2.23. The van der Waals surface area contributed by atoms with Gasteiger partial charge in [-0.15, -0.1) is 0 Å². The van der Waals surface area contributed by atoms with E-state index in [1.165, 1.54) is 12.8 Å². The zero-order valence-electron chi connectivity index (χ0n) is 8.28. The van der Waals surface area contributed by atoms with Gasteiger partial charge in [0.15, 0.2) is 0 Å². The lowest BCUT2D eigenvalue weighted by atomic mass is 10.1. The van der Waals surface area contributed by atoms with Crippen LogP contribution in [0.3, 0.4) is 0 Å². The van der Waals surface area contributed by atoms with Crippen LogP contribution in [0.2, 0.25) is 0 Å². The molecular weight excluding hydrogens is 242 g/mol. The number of rotatable bonds is 1. The Kier molecular flexibility index (Phi) is 3.01. The van der Waals surface area contributed by atoms with Crippen LogP contribution >= 0.6 is 15.9 Å². The number of nitrogens with zero attached hydrogens (tertiary/aromatic N) is 3. The van der Waals surface area contributed by atoms with E-state index in [-0.39, 0.29) is 0 Å². The zero-order chi connectivity index (χ0) is 9.97. The lowest BCUT2D eigenvalue weighted by Crippen LogP contribution is -2.36. The van der Waals surface area contributed by atoms with E-state index in [9.17, 15) is 0 Å². The maximum absolute atomic E-state index is 4.29. The van der Waals surface area contributed by atoms with Gasteiger partial charge in [0.05, 0.1) is 0 Å². The van der Waals surface area contributed by atoms with Gasteiger partial charge in [0, 0.05) is 29.7 Å². The van der Waals surface area contributed by atoms with E-state index in [0.29, 0.717) is 4.83 Å². The molecule has 0 saturated carbocycles. The normalized spacial score (nSPS) is 22.4. The minimum Gasteiger partial charge on any atom is -0.355 e. The number of halogens is 1. The maximum Gasteiger partial charge on any atom is 0.132 e. The molecule has 0 amide bonds. The highest BCUT2D eigenvalue weighted by Crippen LogP contribution is 2.21. The second-order valence-corrected chi connectivity index (χ2v) is 5.00. The number of aryl methyl sites for hydroxylation is 1. The van der Waals surface area contributed by atoms with E-state index in [2.05, 4.69) is 30.8 Å². The zero-order valence-corrected chi connectivity index (χ0v) is 9.87. The maximum atomic E-state index is 4.29. The summed E-state index contributed by atoms with van der Waals surface area (Å²) < 4.78 is 0. The van der Waals surface area contributed by atoms with E-state index < -0.39 is 0 Å². The second kappa shape index (κ2) is 4.26. The summed E-state index contributed by atoms with van der Waals surface area (Å²) in [4.78, 5) is 11.3. The molecule has 3 nitrogen and oxygen atoms in total. The fourth-order valence-electron chi connectivity index (χ4n) is 1.75. The molecule has 1 atom stereocenters. The Balaban J connectivity index is 2.14. The molecule has 0 N–H and O–H groups in total. The number of alkyl halides is 1. The summed E-state index contributed by atoms with van der Waals surface area (Å²) in [6.07, 6.45) is 4.14. The van der Waals surface area contributed by atoms with Crippen molar-refractivity contribution in [1.29, 1.82) is 0 Å². The van der Waals surface area contributed by atoms with Gasteiger partial charge in [-0.3, -0.25) is 0 Å². The fraction of sp³-hybridized carbons (Fsp3) is 0.600. The summed E-state index contributed by atoms with van der Waals surface area (Å²) in [6.45, 7) is 4.16. The minimum absolute atomic E-state index is 0.603. The molecule has 0 spiro atoms. The first-order chi connectivity index (χ1) is 6.75. The van der Waals surface area contributed by atoms with Crippen molar-refractivity contribution in [3.05, 3.63) is 18.1 Å². The van der Waals surface area contributed by atoms with Gasteiger partial charge < -0.3 is 4.90 Å². The average Bonchev–Trinajstić information content (AvgIpc) is 2.18. The predicted octanol–water partition coefficient (Wildman–Crippen LogP) is 2.15. The van der Waals surface area contributed by atoms with Crippen LogP contribution in [0.4, 0.5) is 5.82 Å². The fourth-order valence-corrected chi connectivity index (χ4v) is 2.42. The lowest BCUT2D eigenvalue weighted by molar-refractivity contribution is 0.590. The molecule has 1 unspecified atom stereocenters. The molecule has 2 rings (SSSR count). The van der Waals surface area contributed by atoms with Crippen LogP contribution in [0.15, 0.2) is 12.4 Å². The van der Waals surface area contributed by atoms with Gasteiger partial charge in [-0.1, -0.05) is 15.9 Å². The Morgan fingerprint density at radius 3 is 3.07 bits per heavy atom. The lowest BCUT2D eigenvalue weighted by Gasteiger charge is -2.30. The van der Waals surface area contributed by atoms with Crippen molar-refractivity contribution in [2.24, 2.45) is 0 Å². The summed E-state index contributed by atoms with van der Waals surface area (Å²) in [7, 11) is 0. The summed E-state index contributed by atoms with van der Waals surface area (Å²) in [5.41, 5.74) is 1.03. The third-order valence-electron chi connectivity index (χ3n) is 2.48. The first-order valence-corrected chi connectivity index (χ1v) is 5.85. The molecule has 4 heteroatoms. The smallest absolute Gasteiger partial charge is 0.132 e. The molecule has 76 valence electrons. The van der Waals surface area contributed by atoms with Crippen molar-refractivity contribution in [2.45, 2.75) is 24.6 Å². The Labute approximate surface area is 92.7 Å². The van der Waals surface area contributed by atoms with E-state index in [1.807, 2.05) is 13.0 Å². The van der Waals surface area contributed by atoms with Crippen LogP contribution in [-0.2, 0) is 0 Å². The van der Waals surface area contributed by atoms with E-state index in [1.54, 1.807) is 6.33 Å². The van der Waals surface area contributed by atoms with Crippen LogP contribution in [0, 0.1) is 6.92 Å². The van der Waals surface area contributed by atoms with Gasteiger partial charge in [0.25, 0.3) is 0 Å². The van der Waals surface area contributed by atoms with Crippen molar-refractivity contribution in [3.8, 4) is 0 Å². The van der Waals surface area contributed by atoms with Crippen molar-refractivity contribution in [3.63, 3.8) is 0 Å². The van der Waals surface area contributed by atoms with E-state index in [4.69, 9.17) is 0 Å². The van der Waals surface area contributed by atoms with Gasteiger partial charge in [0.2, 0.25) is 0 Å². The van der Waals surface area contributed by atoms with Gasteiger partial charge in [-0.05, 0) is 19.8 Å². The Morgan fingerprint density at radius 2 is 2.36 bits per heavy atom. The van der Waals surface area contributed by atoms with Crippen LogP contribution < -0.4 is 4.90 Å². The molecule has 0 radical (unpaired) electrons. The van der Waals surface area contributed by atoms with Crippen LogP contribution in [0.5, 0.6) is 0 Å². The van der Waals surface area contributed by atoms with Crippen LogP contribution in [0.25, 0.3) is 0 Å². The number of hydrogen-bond donors (Lipinski definition) is 0. The SMILES string of the molecule is Cc1cc(N2CCCC(Br)C2)ncn1. The van der Waals surface area contributed by atoms with Crippen LogP contribution in [0.1, 0.15) is 18.5 Å². The first kappa shape index (κ1) is 9.90. The Morgan fingerprint density at radius 1 is 1.50 bits per heavy atom. The molecule has 1 aliphatic heterocycles. The highest BCUT2D eigenvalue weighted by Gasteiger charge is 2.18. The molecule has 2 heterocycles.